The van der Waals surface area contributed by atoms with E-state index in [4.69, 9.17) is 10.00 Å². The molecule has 1 heterocycles. The van der Waals surface area contributed by atoms with E-state index in [2.05, 4.69) is 15.9 Å². The summed E-state index contributed by atoms with van der Waals surface area (Å²) in [5.74, 6) is 0.164. The lowest BCUT2D eigenvalue weighted by Crippen LogP contribution is -2.40. The van der Waals surface area contributed by atoms with Crippen LogP contribution in [0.25, 0.3) is 5.70 Å². The lowest BCUT2D eigenvalue weighted by molar-refractivity contribution is -0.128. The fourth-order valence-electron chi connectivity index (χ4n) is 2.20. The summed E-state index contributed by atoms with van der Waals surface area (Å²) in [5.41, 5.74) is 1.09. The van der Waals surface area contributed by atoms with Crippen molar-refractivity contribution in [2.45, 2.75) is 16.8 Å². The summed E-state index contributed by atoms with van der Waals surface area (Å²) in [5, 5.41) is 8.52. The number of alkyl halides is 3. The Hall–Kier alpha value is -1.21. The van der Waals surface area contributed by atoms with E-state index in [9.17, 15) is 13.6 Å². The third-order valence-electron chi connectivity index (χ3n) is 3.18. The summed E-state index contributed by atoms with van der Waals surface area (Å²) in [6.07, 6.45) is -0.328. The van der Waals surface area contributed by atoms with Crippen molar-refractivity contribution >= 4 is 50.1 Å². The van der Waals surface area contributed by atoms with Gasteiger partial charge in [0, 0.05) is 15.7 Å². The molecule has 0 aliphatic carbocycles. The number of nitriles is 1. The average molecular weight is 497 g/mol. The Kier molecular flexibility index (Phi) is 6.35. The molecule has 4 nitrogen and oxygen atoms in total. The number of carbonyl (C=O) groups is 1. The van der Waals surface area contributed by atoms with Gasteiger partial charge >= 0.3 is 0 Å². The molecule has 0 N–H and O–H groups in total. The van der Waals surface area contributed by atoms with Gasteiger partial charge in [-0.2, -0.15) is 5.26 Å². The van der Waals surface area contributed by atoms with Gasteiger partial charge in [0.1, 0.15) is 11.8 Å². The molecule has 0 saturated heterocycles. The zero-order chi connectivity index (χ0) is 17.0. The Morgan fingerprint density at radius 3 is 2.87 bits per heavy atom. The second-order valence-corrected chi connectivity index (χ2v) is 7.08. The highest BCUT2D eigenvalue weighted by atomic mass is 127. The molecular weight excluding hydrogens is 485 g/mol. The first-order chi connectivity index (χ1) is 10.9. The van der Waals surface area contributed by atoms with Crippen molar-refractivity contribution in [2.75, 3.05) is 13.2 Å². The van der Waals surface area contributed by atoms with Gasteiger partial charge in [0.15, 0.2) is 6.61 Å². The van der Waals surface area contributed by atoms with E-state index in [-0.39, 0.29) is 16.4 Å². The van der Waals surface area contributed by atoms with Gasteiger partial charge in [-0.3, -0.25) is 4.79 Å². The summed E-state index contributed by atoms with van der Waals surface area (Å²) in [6.45, 7) is -0.718. The number of carbonyl (C=O) groups excluding carboxylic acids is 1. The van der Waals surface area contributed by atoms with Gasteiger partial charge in [-0.1, -0.05) is 28.7 Å². The first kappa shape index (κ1) is 18.1. The van der Waals surface area contributed by atoms with Crippen LogP contribution < -0.4 is 4.74 Å². The molecule has 2 rings (SSSR count). The molecule has 122 valence electrons. The largest absolute Gasteiger partial charge is 0.479 e. The molecular formula is C15H12BrF2IN2O2. The van der Waals surface area contributed by atoms with Crippen LogP contribution in [0.1, 0.15) is 12.0 Å². The van der Waals surface area contributed by atoms with E-state index in [1.807, 2.05) is 28.7 Å². The molecule has 1 amide bonds. The predicted molar refractivity (Wildman–Crippen MR) is 93.4 cm³/mol. The fourth-order valence-corrected chi connectivity index (χ4v) is 3.36. The van der Waals surface area contributed by atoms with Crippen LogP contribution in [-0.4, -0.2) is 34.3 Å². The Balaban J connectivity index is 2.34. The van der Waals surface area contributed by atoms with Crippen LogP contribution in [0.2, 0.25) is 0 Å². The van der Waals surface area contributed by atoms with Gasteiger partial charge in [0.2, 0.25) is 5.91 Å². The number of halogens is 4. The third kappa shape index (κ3) is 4.41. The van der Waals surface area contributed by atoms with Crippen LogP contribution in [0.4, 0.5) is 8.78 Å². The van der Waals surface area contributed by atoms with E-state index in [1.165, 1.54) is 0 Å². The first-order valence-electron chi connectivity index (χ1n) is 6.67. The molecule has 0 bridgehead atoms. The van der Waals surface area contributed by atoms with Crippen molar-refractivity contribution in [1.29, 1.82) is 5.26 Å². The molecule has 1 aliphatic rings. The molecule has 0 saturated carbocycles. The van der Waals surface area contributed by atoms with Crippen molar-refractivity contribution in [2.24, 2.45) is 0 Å². The maximum absolute atomic E-state index is 12.8. The lowest BCUT2D eigenvalue weighted by Gasteiger charge is -2.31. The van der Waals surface area contributed by atoms with Crippen molar-refractivity contribution in [3.63, 3.8) is 0 Å². The van der Waals surface area contributed by atoms with Crippen LogP contribution in [0.5, 0.6) is 5.75 Å². The molecule has 1 aromatic rings. The SMILES string of the molecule is N#CCOc1ccc(C2=CCC(I)C(=O)N2CC(F)F)c(Br)c1. The van der Waals surface area contributed by atoms with E-state index in [0.29, 0.717) is 27.9 Å². The normalized spacial score (nSPS) is 17.9. The quantitative estimate of drug-likeness (QED) is 0.457. The van der Waals surface area contributed by atoms with Crippen LogP contribution >= 0.6 is 38.5 Å². The summed E-state index contributed by atoms with van der Waals surface area (Å²) in [6, 6.07) is 6.84. The number of hydrogen-bond donors (Lipinski definition) is 0. The van der Waals surface area contributed by atoms with E-state index >= 15 is 0 Å². The molecule has 1 aromatic carbocycles. The van der Waals surface area contributed by atoms with Gasteiger partial charge < -0.3 is 9.64 Å². The number of allylic oxidation sites excluding steroid dienone is 1. The first-order valence-corrected chi connectivity index (χ1v) is 8.71. The molecule has 0 fully saturated rings. The second-order valence-electron chi connectivity index (χ2n) is 4.72. The topological polar surface area (TPSA) is 53.3 Å². The number of hydrogen-bond acceptors (Lipinski definition) is 3. The van der Waals surface area contributed by atoms with Crippen LogP contribution in [0, 0.1) is 11.3 Å². The maximum atomic E-state index is 12.8. The lowest BCUT2D eigenvalue weighted by atomic mass is 10.0. The van der Waals surface area contributed by atoms with Crippen molar-refractivity contribution in [1.82, 2.24) is 4.90 Å². The highest BCUT2D eigenvalue weighted by molar-refractivity contribution is 14.1. The zero-order valence-electron chi connectivity index (χ0n) is 11.8. The molecule has 0 spiro atoms. The minimum atomic E-state index is -2.61. The number of ether oxygens (including phenoxy) is 1. The highest BCUT2D eigenvalue weighted by Gasteiger charge is 2.31. The smallest absolute Gasteiger partial charge is 0.256 e. The van der Waals surface area contributed by atoms with Crippen molar-refractivity contribution in [3.8, 4) is 11.8 Å². The van der Waals surface area contributed by atoms with Crippen molar-refractivity contribution in [3.05, 3.63) is 34.3 Å². The molecule has 1 unspecified atom stereocenters. The van der Waals surface area contributed by atoms with Gasteiger partial charge in [0.25, 0.3) is 6.43 Å². The molecule has 0 aromatic heterocycles. The summed E-state index contributed by atoms with van der Waals surface area (Å²) < 4.78 is 31.1. The van der Waals surface area contributed by atoms with Crippen LogP contribution in [0.15, 0.2) is 28.7 Å². The van der Waals surface area contributed by atoms with E-state index in [1.54, 1.807) is 24.3 Å². The van der Waals surface area contributed by atoms with Gasteiger partial charge in [-0.25, -0.2) is 8.78 Å². The maximum Gasteiger partial charge on any atom is 0.256 e. The van der Waals surface area contributed by atoms with Gasteiger partial charge in [0.05, 0.1) is 10.5 Å². The standard InChI is InChI=1S/C15H12BrF2IN2O2/c16-11-7-9(23-6-5-20)1-2-10(11)13-4-3-12(19)15(22)21(13)8-14(17)18/h1-2,4,7,12,14H,3,6,8H2. The summed E-state index contributed by atoms with van der Waals surface area (Å²) >= 11 is 5.33. The Labute approximate surface area is 154 Å². The minimum Gasteiger partial charge on any atom is -0.479 e. The fraction of sp³-hybridized carbons (Fsp3) is 0.333. The number of nitrogens with zero attached hydrogens (tertiary/aromatic N) is 2. The van der Waals surface area contributed by atoms with Crippen molar-refractivity contribution < 1.29 is 18.3 Å². The molecule has 8 heteroatoms. The minimum absolute atomic E-state index is 0.0823. The molecule has 0 radical (unpaired) electrons. The number of amides is 1. The van der Waals surface area contributed by atoms with Gasteiger partial charge in [-0.05, 0) is 40.5 Å². The van der Waals surface area contributed by atoms with Gasteiger partial charge in [-0.15, -0.1) is 0 Å². The number of benzene rings is 1. The van der Waals surface area contributed by atoms with Crippen LogP contribution in [0.3, 0.4) is 0 Å². The molecule has 1 aliphatic heterocycles. The van der Waals surface area contributed by atoms with Crippen LogP contribution in [-0.2, 0) is 4.79 Å². The Morgan fingerprint density at radius 2 is 2.26 bits per heavy atom. The molecule has 23 heavy (non-hydrogen) atoms. The highest BCUT2D eigenvalue weighted by Crippen LogP contribution is 2.35. The number of rotatable bonds is 5. The molecule has 1 atom stereocenters. The summed E-state index contributed by atoms with van der Waals surface area (Å²) in [7, 11) is 0. The summed E-state index contributed by atoms with van der Waals surface area (Å²) in [4.78, 5) is 13.4. The van der Waals surface area contributed by atoms with E-state index in [0.717, 1.165) is 4.90 Å². The average Bonchev–Trinajstić information content (AvgIpc) is 2.50. The predicted octanol–water partition coefficient (Wildman–Crippen LogP) is 3.99. The zero-order valence-corrected chi connectivity index (χ0v) is 15.6. The van der Waals surface area contributed by atoms with E-state index < -0.39 is 13.0 Å². The third-order valence-corrected chi connectivity index (χ3v) is 4.88. The Bertz CT molecular complexity index is 676. The Morgan fingerprint density at radius 1 is 1.52 bits per heavy atom. The second kappa shape index (κ2) is 8.06. The monoisotopic (exact) mass is 496 g/mol.